The van der Waals surface area contributed by atoms with E-state index in [4.69, 9.17) is 5.73 Å². The first-order chi connectivity index (χ1) is 12.5. The van der Waals surface area contributed by atoms with Crippen molar-refractivity contribution in [3.05, 3.63) is 65.7 Å². The van der Waals surface area contributed by atoms with Crippen molar-refractivity contribution in [1.82, 2.24) is 9.97 Å². The van der Waals surface area contributed by atoms with Gasteiger partial charge >= 0.3 is 12.4 Å². The third-order valence-corrected chi connectivity index (χ3v) is 3.72. The summed E-state index contributed by atoms with van der Waals surface area (Å²) in [6, 6.07) is 9.84. The van der Waals surface area contributed by atoms with Gasteiger partial charge in [-0.15, -0.1) is 0 Å². The van der Waals surface area contributed by atoms with E-state index in [0.29, 0.717) is 11.1 Å². The molecule has 27 heavy (non-hydrogen) atoms. The summed E-state index contributed by atoms with van der Waals surface area (Å²) in [6.45, 7) is 0. The van der Waals surface area contributed by atoms with E-state index in [2.05, 4.69) is 9.97 Å². The fraction of sp³-hybridized carbons (Fsp3) is 0.111. The predicted octanol–water partition coefficient (Wildman–Crippen LogP) is 5.43. The molecule has 3 nitrogen and oxygen atoms in total. The molecule has 0 spiro atoms. The molecule has 0 unspecified atom stereocenters. The van der Waals surface area contributed by atoms with Gasteiger partial charge in [0.15, 0.2) is 5.82 Å². The van der Waals surface area contributed by atoms with Crippen LogP contribution < -0.4 is 5.73 Å². The molecule has 140 valence electrons. The van der Waals surface area contributed by atoms with Crippen LogP contribution in [0.2, 0.25) is 0 Å². The van der Waals surface area contributed by atoms with Gasteiger partial charge in [0.25, 0.3) is 0 Å². The number of nitrogen functional groups attached to an aromatic ring is 1. The second-order valence-corrected chi connectivity index (χ2v) is 5.65. The van der Waals surface area contributed by atoms with Gasteiger partial charge in [0.1, 0.15) is 5.82 Å². The first-order valence-electron chi connectivity index (χ1n) is 7.54. The molecule has 1 heterocycles. The van der Waals surface area contributed by atoms with Crippen LogP contribution in [0, 0.1) is 0 Å². The Morgan fingerprint density at radius 2 is 1.07 bits per heavy atom. The average molecular weight is 383 g/mol. The van der Waals surface area contributed by atoms with Crippen LogP contribution in [0.4, 0.5) is 32.2 Å². The van der Waals surface area contributed by atoms with Crippen molar-refractivity contribution in [2.24, 2.45) is 0 Å². The van der Waals surface area contributed by atoms with Crippen molar-refractivity contribution >= 4 is 5.82 Å². The molecule has 3 rings (SSSR count). The largest absolute Gasteiger partial charge is 0.416 e. The maximum Gasteiger partial charge on any atom is 0.416 e. The number of halogens is 6. The number of rotatable bonds is 2. The maximum absolute atomic E-state index is 12.7. The minimum absolute atomic E-state index is 0.0368. The number of hydrogen-bond acceptors (Lipinski definition) is 3. The number of benzene rings is 2. The molecule has 0 amide bonds. The lowest BCUT2D eigenvalue weighted by Crippen LogP contribution is -2.05. The Hall–Kier alpha value is -3.10. The molecule has 3 aromatic rings. The van der Waals surface area contributed by atoms with Gasteiger partial charge in [0, 0.05) is 17.2 Å². The minimum Gasteiger partial charge on any atom is -0.384 e. The molecule has 0 atom stereocenters. The highest BCUT2D eigenvalue weighted by Gasteiger charge is 2.31. The van der Waals surface area contributed by atoms with Crippen LogP contribution >= 0.6 is 0 Å². The van der Waals surface area contributed by atoms with E-state index in [9.17, 15) is 26.3 Å². The van der Waals surface area contributed by atoms with Gasteiger partial charge in [0.05, 0.1) is 16.8 Å². The van der Waals surface area contributed by atoms with E-state index >= 15 is 0 Å². The maximum atomic E-state index is 12.7. The van der Waals surface area contributed by atoms with Crippen LogP contribution in [-0.4, -0.2) is 9.97 Å². The zero-order valence-electron chi connectivity index (χ0n) is 13.4. The molecule has 1 aromatic heterocycles. The van der Waals surface area contributed by atoms with Crippen LogP contribution in [0.5, 0.6) is 0 Å². The number of hydrogen-bond donors (Lipinski definition) is 1. The van der Waals surface area contributed by atoms with Gasteiger partial charge in [-0.3, -0.25) is 0 Å². The quantitative estimate of drug-likeness (QED) is 0.601. The summed E-state index contributed by atoms with van der Waals surface area (Å²) < 4.78 is 76.0. The Labute approximate surface area is 149 Å². The van der Waals surface area contributed by atoms with Crippen molar-refractivity contribution in [3.63, 3.8) is 0 Å². The normalized spacial score (nSPS) is 12.2. The zero-order valence-corrected chi connectivity index (χ0v) is 13.4. The topological polar surface area (TPSA) is 51.8 Å². The van der Waals surface area contributed by atoms with E-state index in [1.54, 1.807) is 0 Å². The van der Waals surface area contributed by atoms with Crippen molar-refractivity contribution < 1.29 is 26.3 Å². The van der Waals surface area contributed by atoms with Crippen LogP contribution in [0.1, 0.15) is 11.1 Å². The Kier molecular flexibility index (Phi) is 4.54. The molecule has 0 aliphatic rings. The van der Waals surface area contributed by atoms with Crippen LogP contribution in [-0.2, 0) is 12.4 Å². The fourth-order valence-electron chi connectivity index (χ4n) is 2.38. The highest BCUT2D eigenvalue weighted by Crippen LogP contribution is 2.32. The summed E-state index contributed by atoms with van der Waals surface area (Å²) in [5.41, 5.74) is 5.01. The smallest absolute Gasteiger partial charge is 0.384 e. The second kappa shape index (κ2) is 6.57. The SMILES string of the molecule is Nc1cc(-c2ccc(C(F)(F)F)cc2)nc(-c2ccc(C(F)(F)F)cc2)n1. The first kappa shape index (κ1) is 18.7. The Bertz CT molecular complexity index is 869. The lowest BCUT2D eigenvalue weighted by molar-refractivity contribution is -0.138. The molecule has 0 radical (unpaired) electrons. The number of alkyl halides is 6. The Balaban J connectivity index is 1.97. The third-order valence-electron chi connectivity index (χ3n) is 3.72. The van der Waals surface area contributed by atoms with E-state index in [1.165, 1.54) is 30.3 Å². The van der Waals surface area contributed by atoms with Gasteiger partial charge in [-0.25, -0.2) is 9.97 Å². The average Bonchev–Trinajstić information content (AvgIpc) is 2.60. The van der Waals surface area contributed by atoms with Gasteiger partial charge in [-0.05, 0) is 24.3 Å². The number of anilines is 1. The molecule has 0 fully saturated rings. The summed E-state index contributed by atoms with van der Waals surface area (Å²) in [5, 5.41) is 0. The molecule has 0 saturated heterocycles. The molecule has 2 N–H and O–H groups in total. The van der Waals surface area contributed by atoms with Crippen molar-refractivity contribution in [1.29, 1.82) is 0 Å². The Morgan fingerprint density at radius 1 is 0.630 bits per heavy atom. The van der Waals surface area contributed by atoms with Crippen LogP contribution in [0.15, 0.2) is 54.6 Å². The van der Waals surface area contributed by atoms with Gasteiger partial charge in [-0.2, -0.15) is 26.3 Å². The number of aromatic nitrogens is 2. The first-order valence-corrected chi connectivity index (χ1v) is 7.54. The fourth-order valence-corrected chi connectivity index (χ4v) is 2.38. The summed E-state index contributed by atoms with van der Waals surface area (Å²) in [4.78, 5) is 8.19. The van der Waals surface area contributed by atoms with Crippen molar-refractivity contribution in [3.8, 4) is 22.6 Å². The molecule has 0 aliphatic carbocycles. The van der Waals surface area contributed by atoms with Gasteiger partial charge in [-0.1, -0.05) is 24.3 Å². The lowest BCUT2D eigenvalue weighted by Gasteiger charge is -2.10. The molecule has 9 heteroatoms. The van der Waals surface area contributed by atoms with E-state index < -0.39 is 23.5 Å². The summed E-state index contributed by atoms with van der Waals surface area (Å²) in [6.07, 6.45) is -8.94. The third kappa shape index (κ3) is 4.18. The van der Waals surface area contributed by atoms with Crippen LogP contribution in [0.25, 0.3) is 22.6 Å². The lowest BCUT2D eigenvalue weighted by atomic mass is 10.1. The number of nitrogens with two attached hydrogens (primary N) is 1. The summed E-state index contributed by atoms with van der Waals surface area (Å²) in [7, 11) is 0. The highest BCUT2D eigenvalue weighted by molar-refractivity contribution is 5.67. The molecular formula is C18H11F6N3. The van der Waals surface area contributed by atoms with Crippen molar-refractivity contribution in [2.75, 3.05) is 5.73 Å². The zero-order chi connectivity index (χ0) is 19.8. The monoisotopic (exact) mass is 383 g/mol. The molecule has 0 bridgehead atoms. The molecule has 0 aliphatic heterocycles. The van der Waals surface area contributed by atoms with Crippen molar-refractivity contribution in [2.45, 2.75) is 12.4 Å². The Morgan fingerprint density at radius 3 is 1.52 bits per heavy atom. The number of nitrogens with zero attached hydrogens (tertiary/aromatic N) is 2. The standard InChI is InChI=1S/C18H11F6N3/c19-17(20,21)12-5-1-10(2-6-12)14-9-15(25)27-16(26-14)11-3-7-13(8-4-11)18(22,23)24/h1-9H,(H2,25,26,27). The molecule has 2 aromatic carbocycles. The molecular weight excluding hydrogens is 372 g/mol. The predicted molar refractivity (Wildman–Crippen MR) is 87.3 cm³/mol. The van der Waals surface area contributed by atoms with Gasteiger partial charge < -0.3 is 5.73 Å². The summed E-state index contributed by atoms with van der Waals surface area (Å²) in [5.74, 6) is 0.105. The summed E-state index contributed by atoms with van der Waals surface area (Å²) >= 11 is 0. The second-order valence-electron chi connectivity index (χ2n) is 5.65. The van der Waals surface area contributed by atoms with E-state index in [-0.39, 0.29) is 17.3 Å². The van der Waals surface area contributed by atoms with Crippen LogP contribution in [0.3, 0.4) is 0 Å². The molecule has 0 saturated carbocycles. The van der Waals surface area contributed by atoms with E-state index in [1.807, 2.05) is 0 Å². The van der Waals surface area contributed by atoms with E-state index in [0.717, 1.165) is 24.3 Å². The van der Waals surface area contributed by atoms with Gasteiger partial charge in [0.2, 0.25) is 0 Å². The minimum atomic E-state index is -4.47. The highest BCUT2D eigenvalue weighted by atomic mass is 19.4.